The van der Waals surface area contributed by atoms with Gasteiger partial charge in [0.2, 0.25) is 0 Å². The van der Waals surface area contributed by atoms with Crippen molar-refractivity contribution in [3.8, 4) is 0 Å². The fourth-order valence-corrected chi connectivity index (χ4v) is 4.74. The molecule has 144 valence electrons. The van der Waals surface area contributed by atoms with Crippen molar-refractivity contribution in [1.29, 1.82) is 0 Å². The number of benzene rings is 1. The standard InChI is InChI=1S/C19H28NO5P/c21-17(12-18(26(24)25)15-4-2-1-3-5-15)13-20-11-10-14-6-8-16(9-7-14)19(22)23/h6-9,15,17-18,20-21H,1-5,10-13H2,(H-,22,23,24,25)/p+1/t17-,18?/m0/s1. The Morgan fingerprint density at radius 1 is 1.19 bits per heavy atom. The molecule has 0 spiro atoms. The number of hydrogen-bond donors (Lipinski definition) is 4. The number of aromatic carboxylic acids is 1. The molecule has 0 saturated heterocycles. The number of carboxylic acids is 1. The largest absolute Gasteiger partial charge is 0.509 e. The summed E-state index contributed by atoms with van der Waals surface area (Å²) in [6.45, 7) is 1.04. The van der Waals surface area contributed by atoms with Gasteiger partial charge in [-0.05, 0) is 48.1 Å². The van der Waals surface area contributed by atoms with Crippen LogP contribution in [-0.2, 0) is 11.0 Å². The normalized spacial score (nSPS) is 18.3. The Kier molecular flexibility index (Phi) is 8.66. The van der Waals surface area contributed by atoms with E-state index in [-0.39, 0.29) is 17.1 Å². The number of hydrogen-bond acceptors (Lipinski definition) is 4. The highest BCUT2D eigenvalue weighted by Crippen LogP contribution is 2.40. The molecule has 1 aromatic carbocycles. The second kappa shape index (κ2) is 10.7. The number of rotatable bonds is 10. The minimum Gasteiger partial charge on any atom is -0.478 e. The van der Waals surface area contributed by atoms with Crippen LogP contribution in [0.1, 0.15) is 54.4 Å². The van der Waals surface area contributed by atoms with Crippen LogP contribution in [0.15, 0.2) is 24.3 Å². The highest BCUT2D eigenvalue weighted by molar-refractivity contribution is 7.38. The smallest absolute Gasteiger partial charge is 0.478 e. The first kappa shape index (κ1) is 21.0. The molecule has 0 radical (unpaired) electrons. The van der Waals surface area contributed by atoms with Gasteiger partial charge in [-0.25, -0.2) is 4.79 Å². The predicted octanol–water partition coefficient (Wildman–Crippen LogP) is 2.95. The van der Waals surface area contributed by atoms with E-state index in [1.54, 1.807) is 24.3 Å². The van der Waals surface area contributed by atoms with Crippen LogP contribution in [0.25, 0.3) is 0 Å². The Balaban J connectivity index is 1.70. The summed E-state index contributed by atoms with van der Waals surface area (Å²) < 4.78 is 11.7. The molecule has 0 bridgehead atoms. The third-order valence-electron chi connectivity index (χ3n) is 5.16. The van der Waals surface area contributed by atoms with Gasteiger partial charge in [0.1, 0.15) is 0 Å². The summed E-state index contributed by atoms with van der Waals surface area (Å²) in [6.07, 6.45) is 5.84. The molecule has 26 heavy (non-hydrogen) atoms. The fraction of sp³-hybridized carbons (Fsp3) is 0.632. The van der Waals surface area contributed by atoms with E-state index in [9.17, 15) is 19.4 Å². The molecule has 3 atom stereocenters. The summed E-state index contributed by atoms with van der Waals surface area (Å²) in [6, 6.07) is 6.74. The molecular weight excluding hydrogens is 353 g/mol. The average Bonchev–Trinajstić information content (AvgIpc) is 2.64. The zero-order valence-corrected chi connectivity index (χ0v) is 15.9. The van der Waals surface area contributed by atoms with Crippen LogP contribution in [0.4, 0.5) is 0 Å². The second-order valence-corrected chi connectivity index (χ2v) is 8.38. The molecule has 0 amide bonds. The molecule has 1 saturated carbocycles. The van der Waals surface area contributed by atoms with Crippen LogP contribution in [-0.4, -0.2) is 45.9 Å². The van der Waals surface area contributed by atoms with Crippen molar-refractivity contribution >= 4 is 14.0 Å². The fourth-order valence-electron chi connectivity index (χ4n) is 3.66. The molecular formula is C19H29NO5P+. The Labute approximate surface area is 155 Å². The molecule has 2 unspecified atom stereocenters. The number of aliphatic hydroxyl groups excluding tert-OH is 1. The van der Waals surface area contributed by atoms with E-state index in [0.717, 1.165) is 37.7 Å². The first-order chi connectivity index (χ1) is 12.5. The monoisotopic (exact) mass is 382 g/mol. The topological polar surface area (TPSA) is 107 Å². The van der Waals surface area contributed by atoms with Gasteiger partial charge in [0.25, 0.3) is 0 Å². The number of carbonyl (C=O) groups is 1. The van der Waals surface area contributed by atoms with Crippen molar-refractivity contribution in [3.63, 3.8) is 0 Å². The molecule has 6 nitrogen and oxygen atoms in total. The lowest BCUT2D eigenvalue weighted by molar-refractivity contribution is 0.0697. The van der Waals surface area contributed by atoms with Crippen molar-refractivity contribution < 1.29 is 24.5 Å². The van der Waals surface area contributed by atoms with Crippen LogP contribution >= 0.6 is 8.03 Å². The molecule has 7 heteroatoms. The van der Waals surface area contributed by atoms with Crippen molar-refractivity contribution in [2.45, 2.75) is 56.7 Å². The van der Waals surface area contributed by atoms with Crippen molar-refractivity contribution in [2.75, 3.05) is 13.1 Å². The number of nitrogens with one attached hydrogen (secondary N) is 1. The maximum Gasteiger partial charge on any atom is 0.509 e. The van der Waals surface area contributed by atoms with Gasteiger partial charge >= 0.3 is 14.0 Å². The van der Waals surface area contributed by atoms with E-state index in [2.05, 4.69) is 5.32 Å². The summed E-state index contributed by atoms with van der Waals surface area (Å²) in [4.78, 5) is 20.4. The van der Waals surface area contributed by atoms with Crippen molar-refractivity contribution in [2.24, 2.45) is 5.92 Å². The van der Waals surface area contributed by atoms with Gasteiger partial charge in [-0.15, -0.1) is 0 Å². The van der Waals surface area contributed by atoms with E-state index >= 15 is 0 Å². The molecule has 0 heterocycles. The highest BCUT2D eigenvalue weighted by atomic mass is 31.1. The lowest BCUT2D eigenvalue weighted by Crippen LogP contribution is -2.33. The summed E-state index contributed by atoms with van der Waals surface area (Å²) in [5.41, 5.74) is 0.977. The molecule has 0 aromatic heterocycles. The first-order valence-corrected chi connectivity index (χ1v) is 10.6. The second-order valence-electron chi connectivity index (χ2n) is 7.11. The highest BCUT2D eigenvalue weighted by Gasteiger charge is 2.39. The van der Waals surface area contributed by atoms with Gasteiger partial charge < -0.3 is 15.5 Å². The Morgan fingerprint density at radius 2 is 1.85 bits per heavy atom. The summed E-state index contributed by atoms with van der Waals surface area (Å²) >= 11 is 0. The molecule has 4 N–H and O–H groups in total. The molecule has 0 aliphatic heterocycles. The third kappa shape index (κ3) is 6.76. The molecule has 1 aromatic rings. The van der Waals surface area contributed by atoms with Crippen LogP contribution < -0.4 is 5.32 Å². The quantitative estimate of drug-likeness (QED) is 0.366. The summed E-state index contributed by atoms with van der Waals surface area (Å²) in [5.74, 6) is -0.688. The van der Waals surface area contributed by atoms with Gasteiger partial charge in [0.15, 0.2) is 5.66 Å². The van der Waals surface area contributed by atoms with E-state index in [1.807, 2.05) is 0 Å². The lowest BCUT2D eigenvalue weighted by atomic mass is 9.85. The van der Waals surface area contributed by atoms with E-state index in [1.165, 1.54) is 6.42 Å². The van der Waals surface area contributed by atoms with Gasteiger partial charge in [0.05, 0.1) is 11.7 Å². The average molecular weight is 382 g/mol. The maximum absolute atomic E-state index is 11.7. The van der Waals surface area contributed by atoms with Crippen LogP contribution in [0, 0.1) is 5.92 Å². The van der Waals surface area contributed by atoms with Crippen LogP contribution in [0.3, 0.4) is 0 Å². The van der Waals surface area contributed by atoms with E-state index < -0.39 is 20.1 Å². The Morgan fingerprint density at radius 3 is 2.42 bits per heavy atom. The Bertz CT molecular complexity index is 586. The molecule has 1 aliphatic carbocycles. The van der Waals surface area contributed by atoms with Gasteiger partial charge in [0, 0.05) is 18.9 Å². The van der Waals surface area contributed by atoms with Gasteiger partial charge in [-0.2, -0.15) is 4.89 Å². The summed E-state index contributed by atoms with van der Waals surface area (Å²) in [5, 5.41) is 22.3. The number of carboxylic acid groups (broad SMARTS) is 1. The SMILES string of the molecule is O=C(O)c1ccc(CCNC[C@@H](O)CC(C2CCCCC2)[P+](=O)O)cc1. The van der Waals surface area contributed by atoms with E-state index in [0.29, 0.717) is 19.5 Å². The summed E-state index contributed by atoms with van der Waals surface area (Å²) in [7, 11) is -2.27. The first-order valence-electron chi connectivity index (χ1n) is 9.33. The molecule has 1 fully saturated rings. The third-order valence-corrected chi connectivity index (χ3v) is 6.36. The van der Waals surface area contributed by atoms with Gasteiger partial charge in [-0.1, -0.05) is 31.4 Å². The van der Waals surface area contributed by atoms with Crippen molar-refractivity contribution in [3.05, 3.63) is 35.4 Å². The Hall–Kier alpha value is -1.33. The molecule has 1 aliphatic rings. The number of aliphatic hydroxyl groups is 1. The predicted molar refractivity (Wildman–Crippen MR) is 101 cm³/mol. The van der Waals surface area contributed by atoms with Gasteiger partial charge in [-0.3, -0.25) is 0 Å². The zero-order valence-electron chi connectivity index (χ0n) is 15.0. The maximum atomic E-state index is 11.7. The van der Waals surface area contributed by atoms with Crippen molar-refractivity contribution in [1.82, 2.24) is 5.32 Å². The van der Waals surface area contributed by atoms with E-state index in [4.69, 9.17) is 5.11 Å². The van der Waals surface area contributed by atoms with Crippen LogP contribution in [0.5, 0.6) is 0 Å². The lowest BCUT2D eigenvalue weighted by Gasteiger charge is -2.24. The van der Waals surface area contributed by atoms with Crippen LogP contribution in [0.2, 0.25) is 0 Å². The minimum absolute atomic E-state index is 0.250. The minimum atomic E-state index is -2.27. The molecule has 2 rings (SSSR count). The zero-order chi connectivity index (χ0) is 18.9.